The summed E-state index contributed by atoms with van der Waals surface area (Å²) in [5.74, 6) is 0. The summed E-state index contributed by atoms with van der Waals surface area (Å²) in [5.41, 5.74) is 10.3. The third-order valence-corrected chi connectivity index (χ3v) is 3.66. The Hall–Kier alpha value is -2.56. The van der Waals surface area contributed by atoms with Crippen LogP contribution in [0.5, 0.6) is 0 Å². The molecule has 0 spiro atoms. The molecule has 24 heavy (non-hydrogen) atoms. The van der Waals surface area contributed by atoms with Crippen molar-refractivity contribution in [3.05, 3.63) is 95.3 Å². The van der Waals surface area contributed by atoms with E-state index in [1.807, 2.05) is 66.7 Å². The fraction of sp³-hybridized carbons (Fsp3) is 0.200. The number of hydrogen-bond donors (Lipinski definition) is 2. The Morgan fingerprint density at radius 1 is 0.750 bits per heavy atom. The molecule has 2 aromatic rings. The summed E-state index contributed by atoms with van der Waals surface area (Å²) in [6.45, 7) is 1.06. The van der Waals surface area contributed by atoms with Crippen LogP contribution in [0.15, 0.2) is 84.2 Å². The lowest BCUT2D eigenvalue weighted by Gasteiger charge is -2.16. The van der Waals surface area contributed by atoms with Crippen molar-refractivity contribution < 1.29 is 9.68 Å². The summed E-state index contributed by atoms with van der Waals surface area (Å²) < 4.78 is 0. The molecule has 0 radical (unpaired) electrons. The highest BCUT2D eigenvalue weighted by molar-refractivity contribution is 5.24. The normalized spacial score (nSPS) is 13.8. The maximum absolute atomic E-state index is 5.57. The van der Waals surface area contributed by atoms with Gasteiger partial charge in [0.15, 0.2) is 0 Å². The molecule has 4 heteroatoms. The minimum Gasteiger partial charge on any atom is -0.272 e. The summed E-state index contributed by atoms with van der Waals surface area (Å²) in [7, 11) is 0. The van der Waals surface area contributed by atoms with Crippen molar-refractivity contribution in [1.29, 1.82) is 0 Å². The van der Waals surface area contributed by atoms with Crippen LogP contribution in [0, 0.1) is 0 Å². The smallest absolute Gasteiger partial charge is 0.0996 e. The molecule has 0 aromatic heterocycles. The van der Waals surface area contributed by atoms with Crippen LogP contribution in [0.25, 0.3) is 0 Å². The Morgan fingerprint density at radius 2 is 1.33 bits per heavy atom. The van der Waals surface area contributed by atoms with Crippen molar-refractivity contribution >= 4 is 0 Å². The van der Waals surface area contributed by atoms with Crippen LogP contribution in [0.4, 0.5) is 0 Å². The van der Waals surface area contributed by atoms with Crippen LogP contribution in [0.1, 0.15) is 24.0 Å². The van der Waals surface area contributed by atoms with E-state index in [2.05, 4.69) is 17.0 Å². The topological polar surface area (TPSA) is 42.5 Å². The first-order chi connectivity index (χ1) is 11.9. The SMILES string of the molecule is C1=C(NOCc2ccccc2)C=C(NOCc2ccccc2)CC1. The zero-order valence-corrected chi connectivity index (χ0v) is 13.6. The molecule has 1 aliphatic rings. The minimum atomic E-state index is 0.527. The van der Waals surface area contributed by atoms with Crippen LogP contribution in [0.3, 0.4) is 0 Å². The van der Waals surface area contributed by atoms with Gasteiger partial charge >= 0.3 is 0 Å². The van der Waals surface area contributed by atoms with Gasteiger partial charge in [-0.25, -0.2) is 0 Å². The summed E-state index contributed by atoms with van der Waals surface area (Å²) in [5, 5.41) is 0. The van der Waals surface area contributed by atoms with Crippen LogP contribution in [0.2, 0.25) is 0 Å². The van der Waals surface area contributed by atoms with E-state index in [-0.39, 0.29) is 0 Å². The molecule has 2 N–H and O–H groups in total. The van der Waals surface area contributed by atoms with E-state index >= 15 is 0 Å². The Balaban J connectivity index is 1.41. The molecule has 0 aliphatic heterocycles. The third-order valence-electron chi connectivity index (χ3n) is 3.66. The van der Waals surface area contributed by atoms with E-state index in [1.165, 1.54) is 0 Å². The van der Waals surface area contributed by atoms with Crippen LogP contribution in [-0.2, 0) is 22.9 Å². The van der Waals surface area contributed by atoms with E-state index < -0.39 is 0 Å². The largest absolute Gasteiger partial charge is 0.272 e. The molecule has 0 fully saturated rings. The van der Waals surface area contributed by atoms with Gasteiger partial charge in [-0.1, -0.05) is 66.7 Å². The predicted molar refractivity (Wildman–Crippen MR) is 94.1 cm³/mol. The van der Waals surface area contributed by atoms with Gasteiger partial charge < -0.3 is 0 Å². The first-order valence-electron chi connectivity index (χ1n) is 8.14. The van der Waals surface area contributed by atoms with Gasteiger partial charge in [0.25, 0.3) is 0 Å². The molecule has 0 heterocycles. The molecular weight excluding hydrogens is 300 g/mol. The maximum Gasteiger partial charge on any atom is 0.0996 e. The third kappa shape index (κ3) is 5.26. The summed E-state index contributed by atoms with van der Waals surface area (Å²) in [6, 6.07) is 20.2. The summed E-state index contributed by atoms with van der Waals surface area (Å²) in [4.78, 5) is 11.1. The van der Waals surface area contributed by atoms with E-state index in [0.29, 0.717) is 13.2 Å². The Kier molecular flexibility index (Phi) is 6.05. The lowest BCUT2D eigenvalue weighted by Crippen LogP contribution is -2.20. The van der Waals surface area contributed by atoms with E-state index in [4.69, 9.17) is 9.68 Å². The molecule has 3 rings (SSSR count). The van der Waals surface area contributed by atoms with Gasteiger partial charge in [0.1, 0.15) is 0 Å². The van der Waals surface area contributed by atoms with E-state index in [9.17, 15) is 0 Å². The second-order valence-electron chi connectivity index (χ2n) is 5.62. The average molecular weight is 322 g/mol. The lowest BCUT2D eigenvalue weighted by molar-refractivity contribution is 0.0429. The zero-order chi connectivity index (χ0) is 16.5. The molecule has 0 atom stereocenters. The molecule has 1 aliphatic carbocycles. The van der Waals surface area contributed by atoms with Crippen molar-refractivity contribution in [2.24, 2.45) is 0 Å². The molecule has 124 valence electrons. The Labute approximate surface area is 142 Å². The summed E-state index contributed by atoms with van der Waals surface area (Å²) >= 11 is 0. The highest BCUT2D eigenvalue weighted by Gasteiger charge is 2.06. The monoisotopic (exact) mass is 322 g/mol. The molecule has 2 aromatic carbocycles. The van der Waals surface area contributed by atoms with Crippen LogP contribution >= 0.6 is 0 Å². The van der Waals surface area contributed by atoms with Crippen LogP contribution < -0.4 is 11.0 Å². The molecule has 0 unspecified atom stereocenters. The van der Waals surface area contributed by atoms with Gasteiger partial charge in [-0.05, 0) is 30.0 Å². The fourth-order valence-electron chi connectivity index (χ4n) is 2.42. The molecule has 4 nitrogen and oxygen atoms in total. The van der Waals surface area contributed by atoms with Gasteiger partial charge in [0, 0.05) is 5.70 Å². The summed E-state index contributed by atoms with van der Waals surface area (Å²) in [6.07, 6.45) is 6.01. The zero-order valence-electron chi connectivity index (χ0n) is 13.6. The van der Waals surface area contributed by atoms with E-state index in [0.717, 1.165) is 35.4 Å². The molecule has 0 bridgehead atoms. The number of hydrogen-bond acceptors (Lipinski definition) is 4. The van der Waals surface area contributed by atoms with Gasteiger partial charge in [0.05, 0.1) is 18.9 Å². The predicted octanol–water partition coefficient (Wildman–Crippen LogP) is 3.99. The van der Waals surface area contributed by atoms with Crippen LogP contribution in [-0.4, -0.2) is 0 Å². The van der Waals surface area contributed by atoms with Gasteiger partial charge in [-0.3, -0.25) is 20.6 Å². The Morgan fingerprint density at radius 3 is 1.96 bits per heavy atom. The quantitative estimate of drug-likeness (QED) is 0.721. The standard InChI is InChI=1S/C20H22N2O2/c1-3-8-17(9-4-1)15-23-21-19-12-7-13-20(14-19)22-24-16-18-10-5-2-6-11-18/h1-6,8-12,14,21-22H,7,13,15-16H2. The number of hydroxylamine groups is 2. The second-order valence-corrected chi connectivity index (χ2v) is 5.62. The first-order valence-corrected chi connectivity index (χ1v) is 8.14. The highest BCUT2D eigenvalue weighted by Crippen LogP contribution is 2.14. The van der Waals surface area contributed by atoms with Gasteiger partial charge in [-0.2, -0.15) is 0 Å². The number of rotatable bonds is 8. The molecule has 0 saturated carbocycles. The van der Waals surface area contributed by atoms with E-state index in [1.54, 1.807) is 0 Å². The van der Waals surface area contributed by atoms with Crippen molar-refractivity contribution in [3.63, 3.8) is 0 Å². The number of nitrogens with one attached hydrogen (secondary N) is 2. The average Bonchev–Trinajstić information content (AvgIpc) is 2.64. The van der Waals surface area contributed by atoms with Gasteiger partial charge in [-0.15, -0.1) is 0 Å². The lowest BCUT2D eigenvalue weighted by atomic mass is 10.1. The minimum absolute atomic E-state index is 0.527. The van der Waals surface area contributed by atoms with Crippen molar-refractivity contribution in [2.75, 3.05) is 0 Å². The molecular formula is C20H22N2O2. The number of benzene rings is 2. The number of allylic oxidation sites excluding steroid dienone is 3. The highest BCUT2D eigenvalue weighted by atomic mass is 16.6. The second kappa shape index (κ2) is 8.91. The van der Waals surface area contributed by atoms with Crippen molar-refractivity contribution in [1.82, 2.24) is 11.0 Å². The molecule has 0 saturated heterocycles. The first kappa shape index (κ1) is 16.3. The molecule has 0 amide bonds. The maximum atomic E-state index is 5.57. The fourth-order valence-corrected chi connectivity index (χ4v) is 2.42. The van der Waals surface area contributed by atoms with Crippen molar-refractivity contribution in [3.8, 4) is 0 Å². The Bertz CT molecular complexity index is 681. The van der Waals surface area contributed by atoms with Crippen molar-refractivity contribution in [2.45, 2.75) is 26.1 Å². The van der Waals surface area contributed by atoms with Gasteiger partial charge in [0.2, 0.25) is 0 Å².